The third kappa shape index (κ3) is 3.49. The molecule has 0 spiro atoms. The summed E-state index contributed by atoms with van der Waals surface area (Å²) in [6, 6.07) is 7.36. The maximum absolute atomic E-state index is 5.54. The fourth-order valence-electron chi connectivity index (χ4n) is 2.72. The maximum Gasteiger partial charge on any atom is 0.122 e. The highest BCUT2D eigenvalue weighted by molar-refractivity contribution is 5.39. The predicted octanol–water partition coefficient (Wildman–Crippen LogP) is 3.33. The van der Waals surface area contributed by atoms with Gasteiger partial charge in [-0.1, -0.05) is 32.4 Å². The molecule has 0 aromatic heterocycles. The molecule has 1 aromatic carbocycles. The van der Waals surface area contributed by atoms with Crippen molar-refractivity contribution < 1.29 is 4.74 Å². The highest BCUT2D eigenvalue weighted by Crippen LogP contribution is 2.26. The number of hydrogen-bond acceptors (Lipinski definition) is 2. The van der Waals surface area contributed by atoms with Crippen LogP contribution in [0.2, 0.25) is 0 Å². The van der Waals surface area contributed by atoms with E-state index in [4.69, 9.17) is 4.74 Å². The Kier molecular flexibility index (Phi) is 5.06. The number of ether oxygens (including phenoxy) is 1. The Morgan fingerprint density at radius 1 is 1.28 bits per heavy atom. The van der Waals surface area contributed by atoms with Crippen LogP contribution < -0.4 is 10.1 Å². The zero-order valence-electron chi connectivity index (χ0n) is 11.7. The van der Waals surface area contributed by atoms with Gasteiger partial charge in [0.2, 0.25) is 0 Å². The molecule has 1 aliphatic heterocycles. The van der Waals surface area contributed by atoms with Crippen LogP contribution in [0.15, 0.2) is 18.2 Å². The van der Waals surface area contributed by atoms with Gasteiger partial charge in [-0.05, 0) is 43.0 Å². The lowest BCUT2D eigenvalue weighted by Crippen LogP contribution is -2.29. The molecule has 1 N–H and O–H groups in total. The van der Waals surface area contributed by atoms with Gasteiger partial charge < -0.3 is 10.1 Å². The monoisotopic (exact) mass is 247 g/mol. The Bertz CT molecular complexity index is 369. The van der Waals surface area contributed by atoms with Crippen LogP contribution in [0, 0.1) is 0 Å². The van der Waals surface area contributed by atoms with E-state index >= 15 is 0 Å². The zero-order chi connectivity index (χ0) is 12.8. The van der Waals surface area contributed by atoms with Crippen molar-refractivity contribution in [2.45, 2.75) is 52.0 Å². The summed E-state index contributed by atoms with van der Waals surface area (Å²) in [5.74, 6) is 1.09. The number of hydrogen-bond donors (Lipinski definition) is 1. The third-order valence-corrected chi connectivity index (χ3v) is 3.67. The normalized spacial score (nSPS) is 15.2. The van der Waals surface area contributed by atoms with Crippen LogP contribution in [0.25, 0.3) is 0 Å². The zero-order valence-corrected chi connectivity index (χ0v) is 11.7. The molecule has 1 unspecified atom stereocenters. The van der Waals surface area contributed by atoms with Gasteiger partial charge in [-0.3, -0.25) is 0 Å². The van der Waals surface area contributed by atoms with E-state index in [1.54, 1.807) is 0 Å². The van der Waals surface area contributed by atoms with Crippen molar-refractivity contribution in [3.05, 3.63) is 29.3 Å². The van der Waals surface area contributed by atoms with Gasteiger partial charge in [0.05, 0.1) is 6.61 Å². The van der Waals surface area contributed by atoms with Crippen LogP contribution in [0.5, 0.6) is 5.75 Å². The summed E-state index contributed by atoms with van der Waals surface area (Å²) in [6.07, 6.45) is 6.03. The predicted molar refractivity (Wildman–Crippen MR) is 76.3 cm³/mol. The van der Waals surface area contributed by atoms with Crippen LogP contribution >= 0.6 is 0 Å². The Morgan fingerprint density at radius 2 is 2.17 bits per heavy atom. The molecule has 100 valence electrons. The molecule has 1 aromatic rings. The highest BCUT2D eigenvalue weighted by atomic mass is 16.5. The van der Waals surface area contributed by atoms with Gasteiger partial charge in [0, 0.05) is 12.5 Å². The van der Waals surface area contributed by atoms with Crippen molar-refractivity contribution in [2.24, 2.45) is 0 Å². The first-order valence-electron chi connectivity index (χ1n) is 7.31. The number of benzene rings is 1. The van der Waals surface area contributed by atoms with Gasteiger partial charge >= 0.3 is 0 Å². The average Bonchev–Trinajstić information content (AvgIpc) is 2.84. The molecule has 0 bridgehead atoms. The smallest absolute Gasteiger partial charge is 0.122 e. The van der Waals surface area contributed by atoms with E-state index in [1.807, 2.05) is 0 Å². The minimum atomic E-state index is 0.671. The van der Waals surface area contributed by atoms with E-state index < -0.39 is 0 Å². The van der Waals surface area contributed by atoms with Crippen LogP contribution in [0.1, 0.15) is 44.2 Å². The second-order valence-electron chi connectivity index (χ2n) is 5.12. The topological polar surface area (TPSA) is 21.3 Å². The molecule has 0 fully saturated rings. The second-order valence-corrected chi connectivity index (χ2v) is 5.12. The lowest BCUT2D eigenvalue weighted by Gasteiger charge is -2.17. The molecule has 2 heteroatoms. The minimum Gasteiger partial charge on any atom is -0.493 e. The van der Waals surface area contributed by atoms with Gasteiger partial charge in [0.1, 0.15) is 5.75 Å². The summed E-state index contributed by atoms with van der Waals surface area (Å²) >= 11 is 0. The van der Waals surface area contributed by atoms with E-state index in [0.717, 1.165) is 25.3 Å². The summed E-state index contributed by atoms with van der Waals surface area (Å²) in [4.78, 5) is 0. The van der Waals surface area contributed by atoms with E-state index in [-0.39, 0.29) is 0 Å². The summed E-state index contributed by atoms with van der Waals surface area (Å²) in [5, 5.41) is 3.58. The molecule has 1 heterocycles. The Balaban J connectivity index is 1.88. The molecule has 0 saturated carbocycles. The molecule has 0 amide bonds. The van der Waals surface area contributed by atoms with E-state index in [2.05, 4.69) is 37.4 Å². The van der Waals surface area contributed by atoms with Crippen molar-refractivity contribution in [2.75, 3.05) is 13.2 Å². The minimum absolute atomic E-state index is 0.671. The molecule has 18 heavy (non-hydrogen) atoms. The quantitative estimate of drug-likeness (QED) is 0.798. The lowest BCUT2D eigenvalue weighted by molar-refractivity contribution is 0.357. The van der Waals surface area contributed by atoms with Crippen LogP contribution in [0.4, 0.5) is 0 Å². The number of fused-ring (bicyclic) bond motifs is 1. The molecule has 2 nitrogen and oxygen atoms in total. The number of aryl methyl sites for hydroxylation is 1. The molecular weight excluding hydrogens is 222 g/mol. The van der Waals surface area contributed by atoms with Gasteiger partial charge in [-0.2, -0.15) is 0 Å². The number of rotatable bonds is 7. The van der Waals surface area contributed by atoms with Crippen molar-refractivity contribution >= 4 is 0 Å². The molecular formula is C16H25NO. The van der Waals surface area contributed by atoms with Crippen molar-refractivity contribution in [1.29, 1.82) is 0 Å². The molecule has 2 rings (SSSR count). The third-order valence-electron chi connectivity index (χ3n) is 3.67. The highest BCUT2D eigenvalue weighted by Gasteiger charge is 2.12. The van der Waals surface area contributed by atoms with Crippen molar-refractivity contribution in [3.63, 3.8) is 0 Å². The first-order valence-corrected chi connectivity index (χ1v) is 7.31. The van der Waals surface area contributed by atoms with Crippen LogP contribution in [-0.2, 0) is 12.8 Å². The fourth-order valence-corrected chi connectivity index (χ4v) is 2.72. The molecule has 0 saturated heterocycles. The van der Waals surface area contributed by atoms with E-state index in [1.165, 1.54) is 36.8 Å². The van der Waals surface area contributed by atoms with E-state index in [0.29, 0.717) is 6.04 Å². The van der Waals surface area contributed by atoms with Gasteiger partial charge in [0.15, 0.2) is 0 Å². The number of nitrogens with one attached hydrogen (secondary N) is 1. The fraction of sp³-hybridized carbons (Fsp3) is 0.625. The second kappa shape index (κ2) is 6.79. The van der Waals surface area contributed by atoms with Gasteiger partial charge in [0.25, 0.3) is 0 Å². The summed E-state index contributed by atoms with van der Waals surface area (Å²) < 4.78 is 5.54. The van der Waals surface area contributed by atoms with Crippen molar-refractivity contribution in [3.8, 4) is 5.75 Å². The van der Waals surface area contributed by atoms with Gasteiger partial charge in [-0.15, -0.1) is 0 Å². The SMILES string of the molecule is CCCC(CCc1ccc2c(c1)CCO2)NCC. The van der Waals surface area contributed by atoms with E-state index in [9.17, 15) is 0 Å². The first kappa shape index (κ1) is 13.4. The largest absolute Gasteiger partial charge is 0.493 e. The molecule has 1 atom stereocenters. The van der Waals surface area contributed by atoms with Gasteiger partial charge in [-0.25, -0.2) is 0 Å². The summed E-state index contributed by atoms with van der Waals surface area (Å²) in [7, 11) is 0. The average molecular weight is 247 g/mol. The molecule has 1 aliphatic rings. The molecule has 0 aliphatic carbocycles. The Morgan fingerprint density at radius 3 is 2.94 bits per heavy atom. The molecule has 0 radical (unpaired) electrons. The Hall–Kier alpha value is -1.02. The summed E-state index contributed by atoms with van der Waals surface area (Å²) in [5.41, 5.74) is 2.85. The van der Waals surface area contributed by atoms with Crippen LogP contribution in [0.3, 0.4) is 0 Å². The first-order chi connectivity index (χ1) is 8.83. The standard InChI is InChI=1S/C16H25NO/c1-3-5-15(17-4-2)8-6-13-7-9-16-14(12-13)10-11-18-16/h7,9,12,15,17H,3-6,8,10-11H2,1-2H3. The summed E-state index contributed by atoms with van der Waals surface area (Å²) in [6.45, 7) is 6.38. The van der Waals surface area contributed by atoms with Crippen LogP contribution in [-0.4, -0.2) is 19.2 Å². The Labute approximate surface area is 111 Å². The van der Waals surface area contributed by atoms with Crippen molar-refractivity contribution in [1.82, 2.24) is 5.32 Å². The maximum atomic E-state index is 5.54. The lowest BCUT2D eigenvalue weighted by atomic mass is 10.00.